The average molecular weight is 371 g/mol. The van der Waals surface area contributed by atoms with E-state index in [1.807, 2.05) is 30.3 Å². The Bertz CT molecular complexity index is 743. The van der Waals surface area contributed by atoms with Crippen molar-refractivity contribution in [1.82, 2.24) is 0 Å². The quantitative estimate of drug-likeness (QED) is 0.601. The average Bonchev–Trinajstić information content (AvgIpc) is 3.37. The van der Waals surface area contributed by atoms with Gasteiger partial charge in [-0.2, -0.15) is 0 Å². The smallest absolute Gasteiger partial charge is 0.598 e. The van der Waals surface area contributed by atoms with Crippen LogP contribution in [0.5, 0.6) is 0 Å². The lowest BCUT2D eigenvalue weighted by molar-refractivity contribution is -0.846. The van der Waals surface area contributed by atoms with Crippen LogP contribution in [0.15, 0.2) is 30.3 Å². The van der Waals surface area contributed by atoms with Crippen LogP contribution in [-0.4, -0.2) is 48.2 Å². The van der Waals surface area contributed by atoms with Gasteiger partial charge in [0.2, 0.25) is 0 Å². The van der Waals surface area contributed by atoms with Crippen molar-refractivity contribution < 1.29 is 28.0 Å². The van der Waals surface area contributed by atoms with Crippen molar-refractivity contribution >= 4 is 18.6 Å². The normalized spacial score (nSPS) is 39.6. The van der Waals surface area contributed by atoms with Gasteiger partial charge in [-0.15, -0.1) is 0 Å². The molecule has 0 aromatic heterocycles. The van der Waals surface area contributed by atoms with Crippen LogP contribution in [0.1, 0.15) is 50.7 Å². The standard InChI is InChI=1S/C20H26BNO5/c1-14(15-8-4-2-5-9-15)22-12-17(23)26-21(22,27-18(24)13-22)20-19(25-20)16-10-6-3-7-11-16/h3,6-7,10-11,14-15,19-20H,2,4-5,8-9,12-13H2,1H3/t14-,19?,20?,21?,22?/m0/s1. The second-order valence-corrected chi connectivity index (χ2v) is 8.70. The van der Waals surface area contributed by atoms with Gasteiger partial charge < -0.3 is 18.4 Å². The summed E-state index contributed by atoms with van der Waals surface area (Å²) in [6.07, 6.45) is 5.80. The summed E-state index contributed by atoms with van der Waals surface area (Å²) in [6, 6.07) is 9.66. The molecule has 1 aliphatic carbocycles. The summed E-state index contributed by atoms with van der Waals surface area (Å²) in [6.45, 7) is 0.425. The molecule has 3 aliphatic heterocycles. The summed E-state index contributed by atoms with van der Waals surface area (Å²) in [7, 11) is 0. The van der Waals surface area contributed by atoms with Crippen LogP contribution < -0.4 is 0 Å². The van der Waals surface area contributed by atoms with Gasteiger partial charge in [0.1, 0.15) is 19.1 Å². The Labute approximate surface area is 159 Å². The van der Waals surface area contributed by atoms with Gasteiger partial charge in [0.25, 0.3) is 0 Å². The summed E-state index contributed by atoms with van der Waals surface area (Å²) >= 11 is 0. The minimum absolute atomic E-state index is 0.142. The number of epoxide rings is 1. The van der Waals surface area contributed by atoms with Crippen LogP contribution >= 0.6 is 0 Å². The SMILES string of the molecule is C[C@@H](C1CCCCC1)[N+]12CC(=O)O[B-]1(C1OC1c1ccccc1)OC(=O)C2. The van der Waals surface area contributed by atoms with Crippen molar-refractivity contribution in [2.24, 2.45) is 5.92 Å². The highest BCUT2D eigenvalue weighted by atomic mass is 16.7. The zero-order chi connectivity index (χ0) is 18.6. The van der Waals surface area contributed by atoms with Crippen molar-refractivity contribution in [2.75, 3.05) is 13.1 Å². The summed E-state index contributed by atoms with van der Waals surface area (Å²) in [4.78, 5) is 24.9. The summed E-state index contributed by atoms with van der Waals surface area (Å²) in [5.41, 5.74) is 1.04. The van der Waals surface area contributed by atoms with E-state index in [1.54, 1.807) is 0 Å². The molecular weight excluding hydrogens is 345 g/mol. The van der Waals surface area contributed by atoms with Crippen LogP contribution in [0.4, 0.5) is 0 Å². The molecule has 27 heavy (non-hydrogen) atoms. The van der Waals surface area contributed by atoms with Crippen molar-refractivity contribution in [1.29, 1.82) is 0 Å². The Morgan fingerprint density at radius 2 is 1.63 bits per heavy atom. The first-order chi connectivity index (χ1) is 13.1. The van der Waals surface area contributed by atoms with Crippen LogP contribution in [0.2, 0.25) is 0 Å². The Hall–Kier alpha value is -1.86. The third-order valence-electron chi connectivity index (χ3n) is 7.38. The number of quaternary nitrogens is 1. The highest BCUT2D eigenvalue weighted by Gasteiger charge is 2.78. The molecule has 2 unspecified atom stereocenters. The molecule has 3 saturated heterocycles. The largest absolute Gasteiger partial charge is 0.615 e. The van der Waals surface area contributed by atoms with Crippen molar-refractivity contribution in [3.8, 4) is 0 Å². The molecule has 7 heteroatoms. The predicted octanol–water partition coefficient (Wildman–Crippen LogP) is 2.50. The van der Waals surface area contributed by atoms with Gasteiger partial charge in [0.15, 0.2) is 0 Å². The molecule has 1 saturated carbocycles. The van der Waals surface area contributed by atoms with E-state index in [4.69, 9.17) is 14.0 Å². The maximum Gasteiger partial charge on any atom is 0.615 e. The number of fused-ring (bicyclic) bond motifs is 1. The molecule has 4 aliphatic rings. The van der Waals surface area contributed by atoms with E-state index in [0.29, 0.717) is 10.3 Å². The number of rotatable bonds is 4. The van der Waals surface area contributed by atoms with Gasteiger partial charge in [-0.1, -0.05) is 49.6 Å². The summed E-state index contributed by atoms with van der Waals surface area (Å²) in [5, 5.41) is 0. The van der Waals surface area contributed by atoms with Crippen LogP contribution in [0, 0.1) is 5.92 Å². The molecule has 3 atom stereocenters. The van der Waals surface area contributed by atoms with Crippen LogP contribution in [0.3, 0.4) is 0 Å². The van der Waals surface area contributed by atoms with Gasteiger partial charge in [0.05, 0.1) is 12.1 Å². The van der Waals surface area contributed by atoms with E-state index in [2.05, 4.69) is 6.92 Å². The fourth-order valence-corrected chi connectivity index (χ4v) is 5.91. The molecule has 0 bridgehead atoms. The molecule has 1 aromatic carbocycles. The zero-order valence-corrected chi connectivity index (χ0v) is 15.7. The van der Waals surface area contributed by atoms with E-state index in [9.17, 15) is 9.59 Å². The van der Waals surface area contributed by atoms with Crippen LogP contribution in [-0.2, 0) is 23.6 Å². The fourth-order valence-electron chi connectivity index (χ4n) is 5.91. The van der Waals surface area contributed by atoms with E-state index in [-0.39, 0.29) is 43.2 Å². The van der Waals surface area contributed by atoms with Gasteiger partial charge in [-0.3, -0.25) is 9.59 Å². The topological polar surface area (TPSA) is 65.1 Å². The third kappa shape index (κ3) is 2.48. The molecule has 3 heterocycles. The first kappa shape index (κ1) is 17.3. The predicted molar refractivity (Wildman–Crippen MR) is 98.0 cm³/mol. The summed E-state index contributed by atoms with van der Waals surface area (Å²) in [5.74, 6) is -0.0575. The first-order valence-electron chi connectivity index (χ1n) is 10.2. The number of hydrogen-bond acceptors (Lipinski definition) is 5. The van der Waals surface area contributed by atoms with Gasteiger partial charge in [-0.25, -0.2) is 0 Å². The molecule has 6 nitrogen and oxygen atoms in total. The molecule has 4 fully saturated rings. The van der Waals surface area contributed by atoms with Crippen molar-refractivity contribution in [3.63, 3.8) is 0 Å². The van der Waals surface area contributed by atoms with E-state index in [0.717, 1.165) is 18.4 Å². The second kappa shape index (κ2) is 6.07. The van der Waals surface area contributed by atoms with E-state index >= 15 is 0 Å². The second-order valence-electron chi connectivity index (χ2n) is 8.70. The lowest BCUT2D eigenvalue weighted by Gasteiger charge is -2.50. The Morgan fingerprint density at radius 3 is 2.26 bits per heavy atom. The minimum Gasteiger partial charge on any atom is -0.598 e. The molecular formula is C20H26BNO5. The van der Waals surface area contributed by atoms with E-state index < -0.39 is 6.69 Å². The molecule has 0 amide bonds. The third-order valence-corrected chi connectivity index (χ3v) is 7.38. The number of hydrogen-bond donors (Lipinski definition) is 0. The van der Waals surface area contributed by atoms with Crippen molar-refractivity contribution in [2.45, 2.75) is 57.2 Å². The zero-order valence-electron chi connectivity index (χ0n) is 15.7. The molecule has 0 spiro atoms. The highest BCUT2D eigenvalue weighted by Crippen LogP contribution is 2.54. The lowest BCUT2D eigenvalue weighted by atomic mass is 9.60. The van der Waals surface area contributed by atoms with Crippen molar-refractivity contribution in [3.05, 3.63) is 35.9 Å². The van der Waals surface area contributed by atoms with Gasteiger partial charge in [0, 0.05) is 5.92 Å². The molecule has 0 N–H and O–H groups in total. The molecule has 1 aromatic rings. The number of carbonyl (C=O) groups is 2. The first-order valence-corrected chi connectivity index (χ1v) is 10.2. The fraction of sp³-hybridized carbons (Fsp3) is 0.600. The number of benzene rings is 1. The maximum atomic E-state index is 12.5. The Kier molecular flexibility index (Phi) is 3.88. The molecule has 5 rings (SSSR count). The highest BCUT2D eigenvalue weighted by molar-refractivity contribution is 6.68. The number of carbonyl (C=O) groups excluding carboxylic acids is 2. The van der Waals surface area contributed by atoms with Gasteiger partial charge in [-0.05, 0) is 25.3 Å². The summed E-state index contributed by atoms with van der Waals surface area (Å²) < 4.78 is 18.0. The monoisotopic (exact) mass is 371 g/mol. The molecule has 144 valence electrons. The lowest BCUT2D eigenvalue weighted by Crippen LogP contribution is -2.71. The van der Waals surface area contributed by atoms with Gasteiger partial charge >= 0.3 is 18.6 Å². The van der Waals surface area contributed by atoms with Crippen LogP contribution in [0.25, 0.3) is 0 Å². The Morgan fingerprint density at radius 1 is 1.00 bits per heavy atom. The molecule has 0 radical (unpaired) electrons. The minimum atomic E-state index is -2.18. The number of nitrogens with zero attached hydrogens (tertiary/aromatic N) is 1. The van der Waals surface area contributed by atoms with E-state index in [1.165, 1.54) is 19.3 Å². The Balaban J connectivity index is 1.50. The number of ether oxygens (including phenoxy) is 1. The maximum absolute atomic E-state index is 12.5.